The molecule has 29 heavy (non-hydrogen) atoms. The molecule has 1 aliphatic rings. The smallest absolute Gasteiger partial charge is 0.341 e. The van der Waals surface area contributed by atoms with Crippen LogP contribution in [0, 0.1) is 6.92 Å². The highest BCUT2D eigenvalue weighted by atomic mass is 35.5. The maximum absolute atomic E-state index is 12.7. The van der Waals surface area contributed by atoms with Gasteiger partial charge in [-0.3, -0.25) is 9.69 Å². The van der Waals surface area contributed by atoms with E-state index in [4.69, 9.17) is 21.1 Å². The van der Waals surface area contributed by atoms with E-state index in [0.717, 1.165) is 29.1 Å². The minimum atomic E-state index is -0.440. The van der Waals surface area contributed by atoms with Gasteiger partial charge in [-0.15, -0.1) is 11.3 Å². The van der Waals surface area contributed by atoms with Crippen LogP contribution in [0.3, 0.4) is 0 Å². The monoisotopic (exact) mass is 436 g/mol. The number of anilines is 1. The van der Waals surface area contributed by atoms with Crippen LogP contribution in [-0.4, -0.2) is 56.2 Å². The molecule has 1 amide bonds. The van der Waals surface area contributed by atoms with Crippen molar-refractivity contribution in [1.29, 1.82) is 0 Å². The van der Waals surface area contributed by atoms with Crippen molar-refractivity contribution in [2.75, 3.05) is 44.8 Å². The van der Waals surface area contributed by atoms with Crippen molar-refractivity contribution < 1.29 is 19.1 Å². The van der Waals surface area contributed by atoms with Crippen molar-refractivity contribution >= 4 is 39.8 Å². The summed E-state index contributed by atoms with van der Waals surface area (Å²) in [6, 6.07) is 7.29. The van der Waals surface area contributed by atoms with E-state index in [1.165, 1.54) is 11.3 Å². The first-order valence-electron chi connectivity index (χ1n) is 9.66. The fourth-order valence-corrected chi connectivity index (χ4v) is 4.47. The molecule has 1 N–H and O–H groups in total. The summed E-state index contributed by atoms with van der Waals surface area (Å²) in [6.07, 6.45) is 0.357. The second kappa shape index (κ2) is 10.2. The first kappa shape index (κ1) is 21.8. The zero-order chi connectivity index (χ0) is 20.8. The SMILES string of the molecule is CCOC(=O)c1c(NC(=O)CCN2CCOCC2)sc(C)c1-c1ccc(Cl)cc1. The molecule has 1 saturated heterocycles. The number of hydrogen-bond acceptors (Lipinski definition) is 6. The Bertz CT molecular complexity index is 860. The van der Waals surface area contributed by atoms with E-state index in [0.29, 0.717) is 41.8 Å². The first-order chi connectivity index (χ1) is 14.0. The average molecular weight is 437 g/mol. The number of aryl methyl sites for hydroxylation is 1. The number of esters is 1. The van der Waals surface area contributed by atoms with Gasteiger partial charge in [0, 0.05) is 41.5 Å². The molecule has 0 radical (unpaired) electrons. The Labute approximate surface area is 179 Å². The van der Waals surface area contributed by atoms with Crippen LogP contribution in [0.1, 0.15) is 28.6 Å². The number of rotatable bonds is 7. The Kier molecular flexibility index (Phi) is 7.66. The summed E-state index contributed by atoms with van der Waals surface area (Å²) in [5.74, 6) is -0.559. The first-order valence-corrected chi connectivity index (χ1v) is 10.9. The summed E-state index contributed by atoms with van der Waals surface area (Å²) in [6.45, 7) is 7.68. The molecule has 1 aliphatic heterocycles. The maximum atomic E-state index is 12.7. The number of halogens is 1. The molecule has 0 unspecified atom stereocenters. The van der Waals surface area contributed by atoms with Crippen molar-refractivity contribution in [3.05, 3.63) is 39.7 Å². The highest BCUT2D eigenvalue weighted by Crippen LogP contribution is 2.40. The molecule has 2 aromatic rings. The molecule has 0 spiro atoms. The van der Waals surface area contributed by atoms with E-state index in [2.05, 4.69) is 10.2 Å². The fourth-order valence-electron chi connectivity index (χ4n) is 3.27. The Morgan fingerprint density at radius 2 is 1.93 bits per heavy atom. The van der Waals surface area contributed by atoms with Crippen LogP contribution in [0.15, 0.2) is 24.3 Å². The molecule has 156 valence electrons. The molecular weight excluding hydrogens is 412 g/mol. The van der Waals surface area contributed by atoms with Gasteiger partial charge in [-0.05, 0) is 31.5 Å². The molecule has 6 nitrogen and oxygen atoms in total. The van der Waals surface area contributed by atoms with Gasteiger partial charge in [0.1, 0.15) is 10.6 Å². The topological polar surface area (TPSA) is 67.9 Å². The minimum Gasteiger partial charge on any atom is -0.462 e. The van der Waals surface area contributed by atoms with Crippen molar-refractivity contribution in [3.8, 4) is 11.1 Å². The van der Waals surface area contributed by atoms with Crippen molar-refractivity contribution in [3.63, 3.8) is 0 Å². The summed E-state index contributed by atoms with van der Waals surface area (Å²) in [5.41, 5.74) is 2.03. The van der Waals surface area contributed by atoms with Gasteiger partial charge < -0.3 is 14.8 Å². The number of nitrogens with one attached hydrogen (secondary N) is 1. The average Bonchev–Trinajstić information content (AvgIpc) is 3.03. The van der Waals surface area contributed by atoms with Gasteiger partial charge >= 0.3 is 5.97 Å². The van der Waals surface area contributed by atoms with Gasteiger partial charge in [0.25, 0.3) is 0 Å². The highest BCUT2D eigenvalue weighted by molar-refractivity contribution is 7.17. The molecule has 3 rings (SSSR count). The normalized spacial score (nSPS) is 14.6. The molecule has 2 heterocycles. The fraction of sp³-hybridized carbons (Fsp3) is 0.429. The number of carbonyl (C=O) groups is 2. The van der Waals surface area contributed by atoms with E-state index in [-0.39, 0.29) is 12.5 Å². The third-order valence-corrected chi connectivity index (χ3v) is 5.98. The molecule has 0 saturated carbocycles. The van der Waals surface area contributed by atoms with Gasteiger partial charge in [-0.25, -0.2) is 4.79 Å². The number of nitrogens with zero attached hydrogens (tertiary/aromatic N) is 1. The molecule has 1 aromatic carbocycles. The minimum absolute atomic E-state index is 0.119. The summed E-state index contributed by atoms with van der Waals surface area (Å²) in [5, 5.41) is 4.07. The van der Waals surface area contributed by atoms with Crippen LogP contribution >= 0.6 is 22.9 Å². The van der Waals surface area contributed by atoms with Crippen molar-refractivity contribution in [2.45, 2.75) is 20.3 Å². The number of amides is 1. The summed E-state index contributed by atoms with van der Waals surface area (Å²) < 4.78 is 10.6. The number of benzene rings is 1. The number of ether oxygens (including phenoxy) is 2. The standard InChI is InChI=1S/C21H25ClN2O4S/c1-3-28-21(26)19-18(15-4-6-16(22)7-5-15)14(2)29-20(19)23-17(25)8-9-24-10-12-27-13-11-24/h4-7H,3,8-13H2,1-2H3,(H,23,25). The summed E-state index contributed by atoms with van der Waals surface area (Å²) in [7, 11) is 0. The Balaban J connectivity index is 1.81. The number of morpholine rings is 1. The molecule has 0 atom stereocenters. The highest BCUT2D eigenvalue weighted by Gasteiger charge is 2.25. The maximum Gasteiger partial charge on any atom is 0.341 e. The molecule has 1 fully saturated rings. The Morgan fingerprint density at radius 3 is 2.59 bits per heavy atom. The lowest BCUT2D eigenvalue weighted by molar-refractivity contribution is -0.116. The molecule has 0 aliphatic carbocycles. The van der Waals surface area contributed by atoms with Crippen molar-refractivity contribution in [2.24, 2.45) is 0 Å². The largest absolute Gasteiger partial charge is 0.462 e. The number of hydrogen-bond donors (Lipinski definition) is 1. The van der Waals surface area contributed by atoms with E-state index < -0.39 is 5.97 Å². The third-order valence-electron chi connectivity index (χ3n) is 4.71. The van der Waals surface area contributed by atoms with E-state index in [1.807, 2.05) is 19.1 Å². The van der Waals surface area contributed by atoms with Gasteiger partial charge in [0.2, 0.25) is 5.91 Å². The lowest BCUT2D eigenvalue weighted by atomic mass is 10.0. The Hall–Kier alpha value is -1.93. The van der Waals surface area contributed by atoms with Crippen LogP contribution in [0.25, 0.3) is 11.1 Å². The summed E-state index contributed by atoms with van der Waals surface area (Å²) in [4.78, 5) is 28.4. The van der Waals surface area contributed by atoms with E-state index in [9.17, 15) is 9.59 Å². The molecular formula is C21H25ClN2O4S. The molecule has 8 heteroatoms. The third kappa shape index (κ3) is 5.57. The zero-order valence-electron chi connectivity index (χ0n) is 16.6. The second-order valence-corrected chi connectivity index (χ2v) is 8.38. The van der Waals surface area contributed by atoms with Gasteiger partial charge in [-0.2, -0.15) is 0 Å². The molecule has 0 bridgehead atoms. The van der Waals surface area contributed by atoms with Gasteiger partial charge in [-0.1, -0.05) is 23.7 Å². The van der Waals surface area contributed by atoms with Crippen LogP contribution in [0.2, 0.25) is 5.02 Å². The summed E-state index contributed by atoms with van der Waals surface area (Å²) >= 11 is 7.39. The van der Waals surface area contributed by atoms with Crippen LogP contribution in [0.4, 0.5) is 5.00 Å². The predicted molar refractivity (Wildman–Crippen MR) is 116 cm³/mol. The quantitative estimate of drug-likeness (QED) is 0.658. The second-order valence-electron chi connectivity index (χ2n) is 6.72. The predicted octanol–water partition coefficient (Wildman–Crippen LogP) is 4.21. The van der Waals surface area contributed by atoms with E-state index >= 15 is 0 Å². The Morgan fingerprint density at radius 1 is 1.24 bits per heavy atom. The lowest BCUT2D eigenvalue weighted by Gasteiger charge is -2.26. The van der Waals surface area contributed by atoms with Gasteiger partial charge in [0.05, 0.1) is 19.8 Å². The van der Waals surface area contributed by atoms with E-state index in [1.54, 1.807) is 19.1 Å². The lowest BCUT2D eigenvalue weighted by Crippen LogP contribution is -2.38. The van der Waals surface area contributed by atoms with Gasteiger partial charge in [0.15, 0.2) is 0 Å². The number of carbonyl (C=O) groups excluding carboxylic acids is 2. The van der Waals surface area contributed by atoms with Crippen LogP contribution < -0.4 is 5.32 Å². The van der Waals surface area contributed by atoms with Crippen LogP contribution in [-0.2, 0) is 14.3 Å². The van der Waals surface area contributed by atoms with Crippen molar-refractivity contribution in [1.82, 2.24) is 4.90 Å². The van der Waals surface area contributed by atoms with Crippen LogP contribution in [0.5, 0.6) is 0 Å². The molecule has 1 aromatic heterocycles. The zero-order valence-corrected chi connectivity index (χ0v) is 18.2. The number of thiophene rings is 1.